The molecule has 120 valence electrons. The fourth-order valence-electron chi connectivity index (χ4n) is 3.25. The molecule has 0 aliphatic carbocycles. The summed E-state index contributed by atoms with van der Waals surface area (Å²) < 4.78 is 0. The summed E-state index contributed by atoms with van der Waals surface area (Å²) in [4.78, 5) is 16.9. The standard InChI is InChI=1S/C19H23N3O/c1-21(2)12-7-13-22-18(16-10-5-6-11-17(16)20)14-8-3-4-9-15(14)19(22)23/h3-6,8-11,18H,7,12-13,20H2,1-2H3. The number of carbonyl (C=O) groups excluding carboxylic acids is 1. The molecule has 0 radical (unpaired) electrons. The molecule has 1 atom stereocenters. The fourth-order valence-corrected chi connectivity index (χ4v) is 3.25. The molecular formula is C19H23N3O. The van der Waals surface area contributed by atoms with Gasteiger partial charge in [-0.3, -0.25) is 4.79 Å². The van der Waals surface area contributed by atoms with Crippen molar-refractivity contribution in [2.45, 2.75) is 12.5 Å². The normalized spacial score (nSPS) is 16.9. The lowest BCUT2D eigenvalue weighted by Crippen LogP contribution is -2.31. The van der Waals surface area contributed by atoms with Gasteiger partial charge in [-0.25, -0.2) is 0 Å². The molecule has 4 heteroatoms. The van der Waals surface area contributed by atoms with E-state index in [9.17, 15) is 4.79 Å². The van der Waals surface area contributed by atoms with E-state index in [2.05, 4.69) is 4.90 Å². The number of nitrogens with two attached hydrogens (primary N) is 1. The van der Waals surface area contributed by atoms with Crippen LogP contribution < -0.4 is 5.73 Å². The van der Waals surface area contributed by atoms with Gasteiger partial charge in [0.2, 0.25) is 0 Å². The number of nitrogen functional groups attached to an aromatic ring is 1. The molecular weight excluding hydrogens is 286 g/mol. The lowest BCUT2D eigenvalue weighted by Gasteiger charge is -2.27. The van der Waals surface area contributed by atoms with Gasteiger partial charge in [-0.2, -0.15) is 0 Å². The topological polar surface area (TPSA) is 49.6 Å². The van der Waals surface area contributed by atoms with Gasteiger partial charge >= 0.3 is 0 Å². The largest absolute Gasteiger partial charge is 0.398 e. The highest BCUT2D eigenvalue weighted by Crippen LogP contribution is 2.40. The zero-order valence-electron chi connectivity index (χ0n) is 13.7. The Kier molecular flexibility index (Phi) is 4.35. The van der Waals surface area contributed by atoms with Crippen molar-refractivity contribution in [3.05, 3.63) is 65.2 Å². The van der Waals surface area contributed by atoms with Crippen LogP contribution in [0.4, 0.5) is 5.69 Å². The van der Waals surface area contributed by atoms with E-state index < -0.39 is 0 Å². The Morgan fingerprint density at radius 3 is 2.39 bits per heavy atom. The minimum Gasteiger partial charge on any atom is -0.398 e. The van der Waals surface area contributed by atoms with Crippen molar-refractivity contribution < 1.29 is 4.79 Å². The Morgan fingerprint density at radius 2 is 1.70 bits per heavy atom. The van der Waals surface area contributed by atoms with Crippen LogP contribution in [0.25, 0.3) is 0 Å². The van der Waals surface area contributed by atoms with E-state index in [0.717, 1.165) is 41.9 Å². The maximum atomic E-state index is 12.8. The molecule has 3 rings (SSSR count). The molecule has 2 N–H and O–H groups in total. The number of amides is 1. The summed E-state index contributed by atoms with van der Waals surface area (Å²) in [6, 6.07) is 15.6. The predicted molar refractivity (Wildman–Crippen MR) is 93.3 cm³/mol. The highest BCUT2D eigenvalue weighted by atomic mass is 16.2. The summed E-state index contributed by atoms with van der Waals surface area (Å²) in [7, 11) is 4.10. The number of hydrogen-bond acceptors (Lipinski definition) is 3. The lowest BCUT2D eigenvalue weighted by atomic mass is 9.96. The summed E-state index contributed by atoms with van der Waals surface area (Å²) in [5, 5.41) is 0. The Balaban J connectivity index is 1.97. The monoisotopic (exact) mass is 309 g/mol. The van der Waals surface area contributed by atoms with Crippen molar-refractivity contribution in [3.8, 4) is 0 Å². The smallest absolute Gasteiger partial charge is 0.255 e. The van der Waals surface area contributed by atoms with Crippen LogP contribution in [0.5, 0.6) is 0 Å². The van der Waals surface area contributed by atoms with E-state index in [4.69, 9.17) is 5.73 Å². The van der Waals surface area contributed by atoms with Crippen LogP contribution in [0.3, 0.4) is 0 Å². The average Bonchev–Trinajstić information content (AvgIpc) is 2.81. The molecule has 2 aromatic carbocycles. The minimum atomic E-state index is -0.0814. The predicted octanol–water partition coefficient (Wildman–Crippen LogP) is 2.77. The Morgan fingerprint density at radius 1 is 1.04 bits per heavy atom. The van der Waals surface area contributed by atoms with Crippen molar-refractivity contribution in [1.82, 2.24) is 9.80 Å². The molecule has 0 aromatic heterocycles. The molecule has 1 heterocycles. The van der Waals surface area contributed by atoms with E-state index in [0.29, 0.717) is 0 Å². The van der Waals surface area contributed by atoms with Gasteiger partial charge in [0.25, 0.3) is 5.91 Å². The van der Waals surface area contributed by atoms with Crippen LogP contribution in [0.2, 0.25) is 0 Å². The second-order valence-corrected chi connectivity index (χ2v) is 6.27. The average molecular weight is 309 g/mol. The van der Waals surface area contributed by atoms with Gasteiger partial charge in [0.15, 0.2) is 0 Å². The lowest BCUT2D eigenvalue weighted by molar-refractivity contribution is 0.0744. The van der Waals surface area contributed by atoms with Crippen molar-refractivity contribution >= 4 is 11.6 Å². The van der Waals surface area contributed by atoms with E-state index in [1.165, 1.54) is 0 Å². The van der Waals surface area contributed by atoms with Gasteiger partial charge in [-0.15, -0.1) is 0 Å². The highest BCUT2D eigenvalue weighted by molar-refractivity contribution is 6.00. The summed E-state index contributed by atoms with van der Waals surface area (Å²) in [5.74, 6) is 0.104. The van der Waals surface area contributed by atoms with Gasteiger partial charge < -0.3 is 15.5 Å². The molecule has 1 amide bonds. The quantitative estimate of drug-likeness (QED) is 0.864. The summed E-state index contributed by atoms with van der Waals surface area (Å²) in [5.41, 5.74) is 9.79. The van der Waals surface area contributed by atoms with Gasteiger partial charge in [-0.1, -0.05) is 36.4 Å². The summed E-state index contributed by atoms with van der Waals surface area (Å²) >= 11 is 0. The first kappa shape index (κ1) is 15.6. The molecule has 4 nitrogen and oxygen atoms in total. The third kappa shape index (κ3) is 2.94. The second-order valence-electron chi connectivity index (χ2n) is 6.27. The minimum absolute atomic E-state index is 0.0814. The van der Waals surface area contributed by atoms with Crippen molar-refractivity contribution in [3.63, 3.8) is 0 Å². The van der Waals surface area contributed by atoms with E-state index in [1.54, 1.807) is 0 Å². The number of para-hydroxylation sites is 1. The van der Waals surface area contributed by atoms with E-state index in [1.807, 2.05) is 67.5 Å². The number of hydrogen-bond donors (Lipinski definition) is 1. The summed E-state index contributed by atoms with van der Waals surface area (Å²) in [6.45, 7) is 1.68. The first-order chi connectivity index (χ1) is 11.1. The Labute approximate surface area is 137 Å². The van der Waals surface area contributed by atoms with Gasteiger partial charge in [0.05, 0.1) is 6.04 Å². The van der Waals surface area contributed by atoms with Gasteiger partial charge in [0.1, 0.15) is 0 Å². The molecule has 0 spiro atoms. The molecule has 1 unspecified atom stereocenters. The number of carbonyl (C=O) groups is 1. The van der Waals surface area contributed by atoms with Crippen molar-refractivity contribution in [2.24, 2.45) is 0 Å². The molecule has 1 aliphatic heterocycles. The van der Waals surface area contributed by atoms with E-state index in [-0.39, 0.29) is 11.9 Å². The molecule has 0 saturated carbocycles. The highest BCUT2D eigenvalue weighted by Gasteiger charge is 2.37. The van der Waals surface area contributed by atoms with Gasteiger partial charge in [0, 0.05) is 23.4 Å². The Hall–Kier alpha value is -2.33. The molecule has 0 fully saturated rings. The van der Waals surface area contributed by atoms with Gasteiger partial charge in [-0.05, 0) is 44.8 Å². The fraction of sp³-hybridized carbons (Fsp3) is 0.316. The van der Waals surface area contributed by atoms with E-state index >= 15 is 0 Å². The van der Waals surface area contributed by atoms with Crippen molar-refractivity contribution in [2.75, 3.05) is 32.9 Å². The maximum absolute atomic E-state index is 12.8. The molecule has 23 heavy (non-hydrogen) atoms. The molecule has 0 saturated heterocycles. The third-order valence-corrected chi connectivity index (χ3v) is 4.35. The SMILES string of the molecule is CN(C)CCCN1C(=O)c2ccccc2C1c1ccccc1N. The number of rotatable bonds is 5. The third-order valence-electron chi connectivity index (χ3n) is 4.35. The number of fused-ring (bicyclic) bond motifs is 1. The van der Waals surface area contributed by atoms with Crippen LogP contribution in [0.1, 0.15) is 33.9 Å². The Bertz CT molecular complexity index is 711. The maximum Gasteiger partial charge on any atom is 0.255 e. The summed E-state index contributed by atoms with van der Waals surface area (Å²) in [6.07, 6.45) is 0.940. The van der Waals surface area contributed by atoms with Crippen LogP contribution in [-0.2, 0) is 0 Å². The van der Waals surface area contributed by atoms with Crippen LogP contribution in [0, 0.1) is 0 Å². The first-order valence-electron chi connectivity index (χ1n) is 7.98. The molecule has 0 bridgehead atoms. The zero-order valence-corrected chi connectivity index (χ0v) is 13.7. The van der Waals surface area contributed by atoms with Crippen molar-refractivity contribution in [1.29, 1.82) is 0 Å². The number of benzene rings is 2. The number of anilines is 1. The molecule has 1 aliphatic rings. The zero-order chi connectivity index (χ0) is 16.4. The van der Waals surface area contributed by atoms with Crippen LogP contribution in [-0.4, -0.2) is 42.9 Å². The van der Waals surface area contributed by atoms with Crippen LogP contribution >= 0.6 is 0 Å². The number of nitrogens with zero attached hydrogens (tertiary/aromatic N) is 2. The van der Waals surface area contributed by atoms with Crippen LogP contribution in [0.15, 0.2) is 48.5 Å². The molecule has 2 aromatic rings. The second kappa shape index (κ2) is 6.42. The first-order valence-corrected chi connectivity index (χ1v) is 7.98.